The number of nitrogens with one attached hydrogen (secondary N) is 1. The van der Waals surface area contributed by atoms with E-state index in [1.165, 1.54) is 19.3 Å². The maximum Gasteiger partial charge on any atom is 0.262 e. The van der Waals surface area contributed by atoms with Crippen molar-refractivity contribution in [1.82, 2.24) is 9.47 Å². The molecular formula is C32H31Cl2N3OS. The molecule has 2 heterocycles. The van der Waals surface area contributed by atoms with Crippen LogP contribution < -0.4 is 5.32 Å². The molecule has 0 radical (unpaired) electrons. The number of fused-ring (bicyclic) bond motifs is 1. The first kappa shape index (κ1) is 26.4. The first-order valence-corrected chi connectivity index (χ1v) is 15.2. The van der Waals surface area contributed by atoms with Crippen molar-refractivity contribution in [2.45, 2.75) is 50.7 Å². The van der Waals surface area contributed by atoms with Gasteiger partial charge in [-0.2, -0.15) is 0 Å². The molecule has 200 valence electrons. The van der Waals surface area contributed by atoms with Crippen LogP contribution in [0.2, 0.25) is 10.0 Å². The second-order valence-corrected chi connectivity index (χ2v) is 12.4. The predicted octanol–water partition coefficient (Wildman–Crippen LogP) is 8.89. The fourth-order valence-corrected chi connectivity index (χ4v) is 7.39. The van der Waals surface area contributed by atoms with Gasteiger partial charge in [-0.3, -0.25) is 4.79 Å². The van der Waals surface area contributed by atoms with Gasteiger partial charge in [0.15, 0.2) is 5.50 Å². The number of rotatable bonds is 6. The summed E-state index contributed by atoms with van der Waals surface area (Å²) in [6.45, 7) is 2.95. The molecule has 3 atom stereocenters. The standard InChI is InChI=1S/C32H31Cl2N3OS/c1-21-9-5-7-13-28(21)37-31(38)30(39-32(37)35-24-10-3-2-4-11-24)18-23-20-36(29-14-8-6-12-25(23)29)19-22-15-16-26(33)27(34)17-22/h2-4,6,8,10-12,14-18,20-21,28,32,35H,5,7,9,13,19H2,1H3/b30-18-/t21-,28+,32?/m0/s1. The molecule has 4 nitrogen and oxygen atoms in total. The van der Waals surface area contributed by atoms with Crippen LogP contribution >= 0.6 is 35.0 Å². The highest BCUT2D eigenvalue weighted by molar-refractivity contribution is 8.05. The van der Waals surface area contributed by atoms with Crippen molar-refractivity contribution in [1.29, 1.82) is 0 Å². The quantitative estimate of drug-likeness (QED) is 0.233. The van der Waals surface area contributed by atoms with E-state index in [2.05, 4.69) is 58.2 Å². The van der Waals surface area contributed by atoms with Crippen LogP contribution in [0.15, 0.2) is 83.9 Å². The molecule has 7 heteroatoms. The SMILES string of the molecule is C[C@H]1CCCC[C@H]1N1C(=O)/C(=C/c2cn(Cc3ccc(Cl)c(Cl)c3)c3ccccc23)SC1Nc1ccccc1. The number of carbonyl (C=O) groups is 1. The average molecular weight is 577 g/mol. The van der Waals surface area contributed by atoms with Gasteiger partial charge >= 0.3 is 0 Å². The second-order valence-electron chi connectivity index (χ2n) is 10.5. The topological polar surface area (TPSA) is 37.3 Å². The zero-order valence-corrected chi connectivity index (χ0v) is 24.1. The minimum atomic E-state index is -0.138. The number of nitrogens with zero attached hydrogens (tertiary/aromatic N) is 2. The molecule has 6 rings (SSSR count). The molecule has 1 N–H and O–H groups in total. The van der Waals surface area contributed by atoms with Crippen molar-refractivity contribution in [3.63, 3.8) is 0 Å². The van der Waals surface area contributed by atoms with Gasteiger partial charge in [0.05, 0.1) is 15.0 Å². The van der Waals surface area contributed by atoms with E-state index in [0.29, 0.717) is 22.5 Å². The van der Waals surface area contributed by atoms with Crippen LogP contribution in [0.5, 0.6) is 0 Å². The number of anilines is 1. The van der Waals surface area contributed by atoms with E-state index in [1.807, 2.05) is 48.5 Å². The lowest BCUT2D eigenvalue weighted by Gasteiger charge is -2.39. The number of para-hydroxylation sites is 2. The summed E-state index contributed by atoms with van der Waals surface area (Å²) in [5.41, 5.74) is 4.11. The van der Waals surface area contributed by atoms with Gasteiger partial charge in [0, 0.05) is 40.9 Å². The number of aromatic nitrogens is 1. The third-order valence-electron chi connectivity index (χ3n) is 7.87. The van der Waals surface area contributed by atoms with Crippen LogP contribution in [0, 0.1) is 5.92 Å². The molecule has 1 amide bonds. The molecule has 1 saturated carbocycles. The maximum atomic E-state index is 14.0. The molecule has 39 heavy (non-hydrogen) atoms. The number of thioether (sulfide) groups is 1. The summed E-state index contributed by atoms with van der Waals surface area (Å²) in [6.07, 6.45) is 8.84. The Bertz CT molecular complexity index is 1530. The van der Waals surface area contributed by atoms with E-state index in [0.717, 1.165) is 39.0 Å². The maximum absolute atomic E-state index is 14.0. The fraction of sp³-hybridized carbons (Fsp3) is 0.281. The highest BCUT2D eigenvalue weighted by Gasteiger charge is 2.43. The van der Waals surface area contributed by atoms with E-state index in [1.54, 1.807) is 11.8 Å². The van der Waals surface area contributed by atoms with E-state index >= 15 is 0 Å². The van der Waals surface area contributed by atoms with Crippen LogP contribution in [0.25, 0.3) is 17.0 Å². The van der Waals surface area contributed by atoms with Gasteiger partial charge < -0.3 is 14.8 Å². The molecule has 1 aromatic heterocycles. The van der Waals surface area contributed by atoms with E-state index in [4.69, 9.17) is 23.2 Å². The lowest BCUT2D eigenvalue weighted by atomic mass is 9.85. The van der Waals surface area contributed by atoms with Crippen molar-refractivity contribution in [2.75, 3.05) is 5.32 Å². The van der Waals surface area contributed by atoms with Gasteiger partial charge in [0.2, 0.25) is 0 Å². The molecule has 0 spiro atoms. The Balaban J connectivity index is 1.35. The van der Waals surface area contributed by atoms with Crippen LogP contribution in [-0.2, 0) is 11.3 Å². The number of hydrogen-bond acceptors (Lipinski definition) is 3. The van der Waals surface area contributed by atoms with E-state index in [9.17, 15) is 4.79 Å². The molecule has 1 unspecified atom stereocenters. The normalized spacial score (nSPS) is 22.6. The van der Waals surface area contributed by atoms with Gasteiger partial charge in [-0.1, -0.05) is 97.2 Å². The molecule has 0 bridgehead atoms. The number of hydrogen-bond donors (Lipinski definition) is 1. The third kappa shape index (κ3) is 5.45. The van der Waals surface area contributed by atoms with E-state index in [-0.39, 0.29) is 17.4 Å². The predicted molar refractivity (Wildman–Crippen MR) is 165 cm³/mol. The first-order chi connectivity index (χ1) is 19.0. The summed E-state index contributed by atoms with van der Waals surface area (Å²) < 4.78 is 2.21. The zero-order chi connectivity index (χ0) is 26.9. The monoisotopic (exact) mass is 575 g/mol. The molecular weight excluding hydrogens is 545 g/mol. The van der Waals surface area contributed by atoms with Crippen molar-refractivity contribution in [3.05, 3.63) is 105 Å². The Hall–Kier alpha value is -2.86. The third-order valence-corrected chi connectivity index (χ3v) is 9.72. The largest absolute Gasteiger partial charge is 0.356 e. The Labute approximate surface area is 244 Å². The highest BCUT2D eigenvalue weighted by atomic mass is 35.5. The summed E-state index contributed by atoms with van der Waals surface area (Å²) in [6, 6.07) is 24.5. The average Bonchev–Trinajstić information content (AvgIpc) is 3.44. The van der Waals surface area contributed by atoms with Gasteiger partial charge in [0.25, 0.3) is 5.91 Å². The smallest absolute Gasteiger partial charge is 0.262 e. The number of carbonyl (C=O) groups excluding carboxylic acids is 1. The van der Waals surface area contributed by atoms with Gasteiger partial charge in [0.1, 0.15) is 0 Å². The molecule has 1 aliphatic carbocycles. The minimum Gasteiger partial charge on any atom is -0.356 e. The van der Waals surface area contributed by atoms with Crippen molar-refractivity contribution < 1.29 is 4.79 Å². The van der Waals surface area contributed by atoms with Crippen LogP contribution in [0.3, 0.4) is 0 Å². The summed E-state index contributed by atoms with van der Waals surface area (Å²) >= 11 is 14.1. The van der Waals surface area contributed by atoms with Crippen LogP contribution in [0.4, 0.5) is 5.69 Å². The van der Waals surface area contributed by atoms with Gasteiger partial charge in [-0.15, -0.1) is 0 Å². The van der Waals surface area contributed by atoms with Crippen molar-refractivity contribution in [2.24, 2.45) is 5.92 Å². The molecule has 3 aromatic carbocycles. The number of halogens is 2. The molecule has 4 aromatic rings. The number of benzene rings is 3. The van der Waals surface area contributed by atoms with Crippen LogP contribution in [-0.4, -0.2) is 26.9 Å². The van der Waals surface area contributed by atoms with Gasteiger partial charge in [-0.05, 0) is 60.7 Å². The summed E-state index contributed by atoms with van der Waals surface area (Å²) in [5.74, 6) is 0.601. The van der Waals surface area contributed by atoms with Crippen molar-refractivity contribution in [3.8, 4) is 0 Å². The number of amides is 1. The van der Waals surface area contributed by atoms with E-state index < -0.39 is 0 Å². The Kier molecular flexibility index (Phi) is 7.66. The molecule has 1 aliphatic heterocycles. The van der Waals surface area contributed by atoms with Gasteiger partial charge in [-0.25, -0.2) is 0 Å². The summed E-state index contributed by atoms with van der Waals surface area (Å²) in [5, 5.41) is 5.86. The Morgan fingerprint density at radius 1 is 0.974 bits per heavy atom. The fourth-order valence-electron chi connectivity index (χ4n) is 5.86. The molecule has 1 saturated heterocycles. The summed E-state index contributed by atoms with van der Waals surface area (Å²) in [7, 11) is 0. The first-order valence-electron chi connectivity index (χ1n) is 13.5. The Morgan fingerprint density at radius 2 is 1.74 bits per heavy atom. The second kappa shape index (κ2) is 11.3. The minimum absolute atomic E-state index is 0.119. The van der Waals surface area contributed by atoms with Crippen LogP contribution in [0.1, 0.15) is 43.7 Å². The lowest BCUT2D eigenvalue weighted by Crippen LogP contribution is -2.48. The summed E-state index contributed by atoms with van der Waals surface area (Å²) in [4.78, 5) is 16.9. The van der Waals surface area contributed by atoms with Crippen molar-refractivity contribution >= 4 is 63.5 Å². The highest BCUT2D eigenvalue weighted by Crippen LogP contribution is 2.42. The lowest BCUT2D eigenvalue weighted by molar-refractivity contribution is -0.129. The molecule has 2 fully saturated rings. The zero-order valence-electron chi connectivity index (χ0n) is 21.8. The Morgan fingerprint density at radius 3 is 2.54 bits per heavy atom. The molecule has 2 aliphatic rings.